The molecule has 0 saturated carbocycles. The van der Waals surface area contributed by atoms with E-state index in [9.17, 15) is 17.6 Å². The lowest BCUT2D eigenvalue weighted by Crippen LogP contribution is -2.33. The first-order valence-electron chi connectivity index (χ1n) is 6.17. The van der Waals surface area contributed by atoms with E-state index in [1.807, 2.05) is 0 Å². The molecule has 2 nitrogen and oxygen atoms in total. The van der Waals surface area contributed by atoms with Crippen molar-refractivity contribution in [3.05, 3.63) is 29.6 Å². The Hall–Kier alpha value is -1.30. The van der Waals surface area contributed by atoms with Crippen molar-refractivity contribution in [2.24, 2.45) is 5.92 Å². The van der Waals surface area contributed by atoms with E-state index in [4.69, 9.17) is 4.74 Å². The van der Waals surface area contributed by atoms with Gasteiger partial charge in [-0.25, -0.2) is 4.39 Å². The van der Waals surface area contributed by atoms with Gasteiger partial charge in [0.2, 0.25) is 0 Å². The highest BCUT2D eigenvalue weighted by atomic mass is 19.4. The molecule has 0 spiro atoms. The van der Waals surface area contributed by atoms with Crippen molar-refractivity contribution in [1.82, 2.24) is 5.32 Å². The first kappa shape index (κ1) is 14.1. The summed E-state index contributed by atoms with van der Waals surface area (Å²) in [5.74, 6) is -0.826. The van der Waals surface area contributed by atoms with Crippen LogP contribution in [0.2, 0.25) is 0 Å². The summed E-state index contributed by atoms with van der Waals surface area (Å²) in [6, 6.07) is 2.33. The molecule has 0 aliphatic carbocycles. The predicted molar refractivity (Wildman–Crippen MR) is 62.5 cm³/mol. The van der Waals surface area contributed by atoms with Crippen molar-refractivity contribution < 1.29 is 22.3 Å². The monoisotopic (exact) mass is 277 g/mol. The third kappa shape index (κ3) is 3.83. The van der Waals surface area contributed by atoms with Crippen LogP contribution in [0.15, 0.2) is 18.2 Å². The van der Waals surface area contributed by atoms with E-state index in [1.54, 1.807) is 0 Å². The van der Waals surface area contributed by atoms with Gasteiger partial charge in [0.05, 0.1) is 12.2 Å². The Labute approximate surface area is 108 Å². The van der Waals surface area contributed by atoms with E-state index >= 15 is 0 Å². The molecule has 1 saturated heterocycles. The zero-order chi connectivity index (χ0) is 13.9. The van der Waals surface area contributed by atoms with E-state index in [0.29, 0.717) is 12.7 Å². The van der Waals surface area contributed by atoms with E-state index in [1.165, 1.54) is 0 Å². The number of ether oxygens (including phenoxy) is 1. The first-order chi connectivity index (χ1) is 8.97. The number of halogens is 4. The molecule has 2 rings (SSSR count). The van der Waals surface area contributed by atoms with Crippen LogP contribution in [0.1, 0.15) is 18.4 Å². The molecule has 0 radical (unpaired) electrons. The molecule has 1 atom stereocenters. The molecule has 1 N–H and O–H groups in total. The Morgan fingerprint density at radius 1 is 1.32 bits per heavy atom. The van der Waals surface area contributed by atoms with Gasteiger partial charge >= 0.3 is 6.18 Å². The smallest absolute Gasteiger partial charge is 0.416 e. The average Bonchev–Trinajstić information content (AvgIpc) is 2.37. The first-order valence-corrected chi connectivity index (χ1v) is 6.17. The van der Waals surface area contributed by atoms with Gasteiger partial charge in [-0.2, -0.15) is 13.2 Å². The lowest BCUT2D eigenvalue weighted by atomic mass is 10.0. The molecular weight excluding hydrogens is 262 g/mol. The molecule has 1 unspecified atom stereocenters. The summed E-state index contributed by atoms with van der Waals surface area (Å²) in [5.41, 5.74) is -1.00. The fourth-order valence-electron chi connectivity index (χ4n) is 2.07. The molecule has 1 heterocycles. The standard InChI is InChI=1S/C13H15F4NO/c14-11-6-10(13(15,16)17)3-4-12(11)19-8-9-2-1-5-18-7-9/h3-4,6,9,18H,1-2,5,7-8H2. The highest BCUT2D eigenvalue weighted by molar-refractivity contribution is 5.30. The third-order valence-corrected chi connectivity index (χ3v) is 3.13. The number of benzene rings is 1. The Bertz CT molecular complexity index is 427. The minimum absolute atomic E-state index is 0.126. The van der Waals surface area contributed by atoms with Crippen LogP contribution in [0.4, 0.5) is 17.6 Å². The molecular formula is C13H15F4NO. The van der Waals surface area contributed by atoms with Gasteiger partial charge in [-0.15, -0.1) is 0 Å². The van der Waals surface area contributed by atoms with Crippen molar-refractivity contribution in [3.63, 3.8) is 0 Å². The predicted octanol–water partition coefficient (Wildman–Crippen LogP) is 3.22. The lowest BCUT2D eigenvalue weighted by molar-refractivity contribution is -0.137. The maximum atomic E-state index is 13.5. The fourth-order valence-corrected chi connectivity index (χ4v) is 2.07. The average molecular weight is 277 g/mol. The molecule has 106 valence electrons. The third-order valence-electron chi connectivity index (χ3n) is 3.13. The summed E-state index contributed by atoms with van der Waals surface area (Å²) in [4.78, 5) is 0. The molecule has 6 heteroatoms. The van der Waals surface area contributed by atoms with Gasteiger partial charge in [-0.05, 0) is 37.6 Å². The fraction of sp³-hybridized carbons (Fsp3) is 0.538. The number of piperidine rings is 1. The number of hydrogen-bond donors (Lipinski definition) is 1. The van der Waals surface area contributed by atoms with Crippen molar-refractivity contribution in [1.29, 1.82) is 0 Å². The van der Waals surface area contributed by atoms with Crippen molar-refractivity contribution >= 4 is 0 Å². The molecule has 19 heavy (non-hydrogen) atoms. The summed E-state index contributed by atoms with van der Waals surface area (Å²) < 4.78 is 55.8. The van der Waals surface area contributed by atoms with Crippen molar-refractivity contribution in [2.45, 2.75) is 19.0 Å². The lowest BCUT2D eigenvalue weighted by Gasteiger charge is -2.23. The van der Waals surface area contributed by atoms with Gasteiger partial charge in [-0.3, -0.25) is 0 Å². The van der Waals surface area contributed by atoms with Gasteiger partial charge < -0.3 is 10.1 Å². The molecule has 1 aliphatic heterocycles. The molecule has 0 aromatic heterocycles. The van der Waals surface area contributed by atoms with Crippen LogP contribution in [-0.2, 0) is 6.18 Å². The second-order valence-electron chi connectivity index (χ2n) is 4.67. The molecule has 0 bridgehead atoms. The summed E-state index contributed by atoms with van der Waals surface area (Å²) in [6.45, 7) is 2.07. The summed E-state index contributed by atoms with van der Waals surface area (Å²) in [6.07, 6.45) is -2.52. The highest BCUT2D eigenvalue weighted by Gasteiger charge is 2.31. The van der Waals surface area contributed by atoms with Crippen LogP contribution >= 0.6 is 0 Å². The highest BCUT2D eigenvalue weighted by Crippen LogP contribution is 2.32. The van der Waals surface area contributed by atoms with Gasteiger partial charge in [0.1, 0.15) is 0 Å². The normalized spacial score (nSPS) is 20.3. The van der Waals surface area contributed by atoms with Crippen LogP contribution in [0.3, 0.4) is 0 Å². The number of nitrogens with one attached hydrogen (secondary N) is 1. The maximum absolute atomic E-state index is 13.5. The van der Waals surface area contributed by atoms with Crippen LogP contribution in [0, 0.1) is 11.7 Å². The Kier molecular flexibility index (Phi) is 4.29. The second-order valence-corrected chi connectivity index (χ2v) is 4.67. The van der Waals surface area contributed by atoms with Crippen LogP contribution in [0.5, 0.6) is 5.75 Å². The zero-order valence-corrected chi connectivity index (χ0v) is 10.3. The Morgan fingerprint density at radius 2 is 2.11 bits per heavy atom. The molecule has 0 amide bonds. The van der Waals surface area contributed by atoms with E-state index < -0.39 is 17.6 Å². The molecule has 1 fully saturated rings. The van der Waals surface area contributed by atoms with E-state index in [0.717, 1.165) is 38.1 Å². The summed E-state index contributed by atoms with van der Waals surface area (Å²) >= 11 is 0. The largest absolute Gasteiger partial charge is 0.490 e. The van der Waals surface area contributed by atoms with Crippen LogP contribution in [0.25, 0.3) is 0 Å². The number of alkyl halides is 3. The number of hydrogen-bond acceptors (Lipinski definition) is 2. The molecule has 1 aromatic carbocycles. The Morgan fingerprint density at radius 3 is 2.68 bits per heavy atom. The van der Waals surface area contributed by atoms with Gasteiger partial charge in [0.25, 0.3) is 0 Å². The molecule has 1 aromatic rings. The second kappa shape index (κ2) is 5.77. The summed E-state index contributed by atoms with van der Waals surface area (Å²) in [5, 5.41) is 3.19. The molecule has 1 aliphatic rings. The van der Waals surface area contributed by atoms with E-state index in [-0.39, 0.29) is 11.7 Å². The zero-order valence-electron chi connectivity index (χ0n) is 10.3. The topological polar surface area (TPSA) is 21.3 Å². The van der Waals surface area contributed by atoms with Crippen LogP contribution in [-0.4, -0.2) is 19.7 Å². The van der Waals surface area contributed by atoms with Crippen molar-refractivity contribution in [2.75, 3.05) is 19.7 Å². The Balaban J connectivity index is 1.97. The van der Waals surface area contributed by atoms with Gasteiger partial charge in [0, 0.05) is 12.5 Å². The van der Waals surface area contributed by atoms with E-state index in [2.05, 4.69) is 5.32 Å². The quantitative estimate of drug-likeness (QED) is 0.856. The maximum Gasteiger partial charge on any atom is 0.416 e. The van der Waals surface area contributed by atoms with Gasteiger partial charge in [0.15, 0.2) is 11.6 Å². The summed E-state index contributed by atoms with van der Waals surface area (Å²) in [7, 11) is 0. The van der Waals surface area contributed by atoms with Gasteiger partial charge in [-0.1, -0.05) is 0 Å². The number of rotatable bonds is 3. The SMILES string of the molecule is Fc1cc(C(F)(F)F)ccc1OCC1CCCNC1. The minimum atomic E-state index is -4.54. The van der Waals surface area contributed by atoms with Crippen molar-refractivity contribution in [3.8, 4) is 5.75 Å². The minimum Gasteiger partial charge on any atom is -0.490 e. The van der Waals surface area contributed by atoms with Crippen LogP contribution < -0.4 is 10.1 Å².